The number of anilines is 1. The molecule has 10 heteroatoms. The Labute approximate surface area is 167 Å². The number of hydrogen-bond donors (Lipinski definition) is 2. The number of nitrogens with zero attached hydrogens (tertiary/aromatic N) is 2. The second kappa shape index (κ2) is 9.38. The van der Waals surface area contributed by atoms with E-state index < -0.39 is 17.6 Å². The highest BCUT2D eigenvalue weighted by atomic mass is 35.5. The van der Waals surface area contributed by atoms with Crippen LogP contribution in [0.5, 0.6) is 0 Å². The molecule has 0 aliphatic carbocycles. The van der Waals surface area contributed by atoms with Gasteiger partial charge in [0.1, 0.15) is 0 Å². The largest absolute Gasteiger partial charge is 0.416 e. The normalized spacial score (nSPS) is 11.8. The molecule has 1 aromatic carbocycles. The lowest BCUT2D eigenvalue weighted by atomic mass is 9.96. The number of aryl methyl sites for hydroxylation is 1. The van der Waals surface area contributed by atoms with Gasteiger partial charge >= 0.3 is 6.18 Å². The van der Waals surface area contributed by atoms with Crippen LogP contribution in [0.15, 0.2) is 22.7 Å². The maximum absolute atomic E-state index is 12.9. The number of benzene rings is 1. The molecule has 0 aliphatic rings. The van der Waals surface area contributed by atoms with Crippen molar-refractivity contribution < 1.29 is 22.5 Å². The fourth-order valence-corrected chi connectivity index (χ4v) is 2.33. The molecule has 1 amide bonds. The van der Waals surface area contributed by atoms with E-state index in [1.165, 1.54) is 6.07 Å². The van der Waals surface area contributed by atoms with Gasteiger partial charge in [0, 0.05) is 30.5 Å². The summed E-state index contributed by atoms with van der Waals surface area (Å²) in [5.74, 6) is 0.616. The molecule has 1 heterocycles. The Hall–Kier alpha value is -2.13. The van der Waals surface area contributed by atoms with Crippen LogP contribution >= 0.6 is 12.4 Å². The zero-order valence-corrected chi connectivity index (χ0v) is 16.7. The number of rotatable bonds is 6. The summed E-state index contributed by atoms with van der Waals surface area (Å²) in [6, 6.07) is 3.30. The van der Waals surface area contributed by atoms with E-state index in [0.29, 0.717) is 30.1 Å². The third-order valence-electron chi connectivity index (χ3n) is 3.77. The lowest BCUT2D eigenvalue weighted by Crippen LogP contribution is -2.14. The summed E-state index contributed by atoms with van der Waals surface area (Å²) in [4.78, 5) is 16.3. The standard InChI is InChI=1S/C18H23F3N4O2.ClH/c1-17(2,3)16-24-15(27-25-16)6-4-5-14(26)23-13-8-11(10-22)7-12(9-13)18(19,20)21;/h7-9H,4-6,10,22H2,1-3H3,(H,23,26);1H. The maximum Gasteiger partial charge on any atom is 0.416 e. The highest BCUT2D eigenvalue weighted by Gasteiger charge is 2.31. The van der Waals surface area contributed by atoms with E-state index in [1.54, 1.807) is 0 Å². The minimum atomic E-state index is -4.51. The molecule has 3 N–H and O–H groups in total. The Morgan fingerprint density at radius 3 is 2.43 bits per heavy atom. The monoisotopic (exact) mass is 420 g/mol. The van der Waals surface area contributed by atoms with E-state index >= 15 is 0 Å². The molecule has 1 aromatic heterocycles. The molecular weight excluding hydrogens is 397 g/mol. The third-order valence-corrected chi connectivity index (χ3v) is 3.77. The smallest absolute Gasteiger partial charge is 0.339 e. The van der Waals surface area contributed by atoms with Crippen molar-refractivity contribution in [2.45, 2.75) is 58.2 Å². The fraction of sp³-hybridized carbons (Fsp3) is 0.500. The highest BCUT2D eigenvalue weighted by molar-refractivity contribution is 5.90. The van der Waals surface area contributed by atoms with Gasteiger partial charge in [0.15, 0.2) is 5.82 Å². The van der Waals surface area contributed by atoms with Crippen LogP contribution in [0.2, 0.25) is 0 Å². The van der Waals surface area contributed by atoms with Gasteiger partial charge in [-0.1, -0.05) is 25.9 Å². The molecule has 0 unspecified atom stereocenters. The van der Waals surface area contributed by atoms with Gasteiger partial charge in [-0.15, -0.1) is 12.4 Å². The van der Waals surface area contributed by atoms with Gasteiger partial charge in [0.2, 0.25) is 11.8 Å². The molecule has 2 rings (SSSR count). The van der Waals surface area contributed by atoms with E-state index in [4.69, 9.17) is 10.3 Å². The van der Waals surface area contributed by atoms with E-state index in [-0.39, 0.29) is 36.5 Å². The molecule has 0 saturated heterocycles. The van der Waals surface area contributed by atoms with Crippen LogP contribution in [0.25, 0.3) is 0 Å². The molecule has 0 aliphatic heterocycles. The van der Waals surface area contributed by atoms with Gasteiger partial charge in [-0.25, -0.2) is 0 Å². The molecule has 2 aromatic rings. The van der Waals surface area contributed by atoms with Gasteiger partial charge < -0.3 is 15.6 Å². The number of carbonyl (C=O) groups is 1. The van der Waals surface area contributed by atoms with Gasteiger partial charge in [-0.2, -0.15) is 18.2 Å². The van der Waals surface area contributed by atoms with Crippen molar-refractivity contribution in [1.82, 2.24) is 10.1 Å². The molecule has 0 spiro atoms. The number of halogens is 4. The first kappa shape index (κ1) is 23.9. The Balaban J connectivity index is 0.00000392. The average Bonchev–Trinajstić information content (AvgIpc) is 3.03. The third kappa shape index (κ3) is 6.79. The summed E-state index contributed by atoms with van der Waals surface area (Å²) < 4.78 is 43.9. The Kier molecular flexibility index (Phi) is 8.01. The summed E-state index contributed by atoms with van der Waals surface area (Å²) in [6.07, 6.45) is -3.55. The van der Waals surface area contributed by atoms with E-state index in [1.807, 2.05) is 20.8 Å². The van der Waals surface area contributed by atoms with E-state index in [0.717, 1.165) is 12.1 Å². The predicted octanol–water partition coefficient (Wildman–Crippen LogP) is 4.23. The first-order chi connectivity index (χ1) is 12.5. The Morgan fingerprint density at radius 1 is 1.21 bits per heavy atom. The first-order valence-corrected chi connectivity index (χ1v) is 8.53. The van der Waals surface area contributed by atoms with Crippen molar-refractivity contribution in [2.24, 2.45) is 5.73 Å². The molecule has 0 fully saturated rings. The summed E-state index contributed by atoms with van der Waals surface area (Å²) in [6.45, 7) is 5.82. The topological polar surface area (TPSA) is 94.0 Å². The lowest BCUT2D eigenvalue weighted by molar-refractivity contribution is -0.137. The van der Waals surface area contributed by atoms with Gasteiger partial charge in [0.25, 0.3) is 0 Å². The zero-order chi connectivity index (χ0) is 20.2. The SMILES string of the molecule is CC(C)(C)c1noc(CCCC(=O)Nc2cc(CN)cc(C(F)(F)F)c2)n1.Cl. The van der Waals surface area contributed by atoms with Crippen LogP contribution in [-0.4, -0.2) is 16.0 Å². The van der Waals surface area contributed by atoms with Crippen LogP contribution in [0.4, 0.5) is 18.9 Å². The highest BCUT2D eigenvalue weighted by Crippen LogP contribution is 2.32. The molecule has 0 radical (unpaired) electrons. The molecule has 0 bridgehead atoms. The first-order valence-electron chi connectivity index (χ1n) is 8.53. The minimum Gasteiger partial charge on any atom is -0.339 e. The number of nitrogens with one attached hydrogen (secondary N) is 1. The lowest BCUT2D eigenvalue weighted by Gasteiger charge is -2.12. The second-order valence-corrected chi connectivity index (χ2v) is 7.28. The number of hydrogen-bond acceptors (Lipinski definition) is 5. The van der Waals surface area contributed by atoms with E-state index in [2.05, 4.69) is 15.5 Å². The zero-order valence-electron chi connectivity index (χ0n) is 15.9. The molecular formula is C18H24ClF3N4O2. The molecule has 0 atom stereocenters. The quantitative estimate of drug-likeness (QED) is 0.729. The summed E-state index contributed by atoms with van der Waals surface area (Å²) >= 11 is 0. The van der Waals surface area contributed by atoms with Gasteiger partial charge in [0.05, 0.1) is 5.56 Å². The van der Waals surface area contributed by atoms with Crippen molar-refractivity contribution in [3.05, 3.63) is 41.0 Å². The average molecular weight is 421 g/mol. The van der Waals surface area contributed by atoms with Crippen molar-refractivity contribution in [3.63, 3.8) is 0 Å². The van der Waals surface area contributed by atoms with Crippen molar-refractivity contribution in [3.8, 4) is 0 Å². The number of nitrogens with two attached hydrogens (primary N) is 1. The van der Waals surface area contributed by atoms with E-state index in [9.17, 15) is 18.0 Å². The summed E-state index contributed by atoms with van der Waals surface area (Å²) in [7, 11) is 0. The van der Waals surface area contributed by atoms with Crippen LogP contribution < -0.4 is 11.1 Å². The molecule has 28 heavy (non-hydrogen) atoms. The minimum absolute atomic E-state index is 0. The fourth-order valence-electron chi connectivity index (χ4n) is 2.33. The summed E-state index contributed by atoms with van der Waals surface area (Å²) in [5.41, 5.74) is 4.72. The van der Waals surface area contributed by atoms with Gasteiger partial charge in [-0.3, -0.25) is 4.79 Å². The summed E-state index contributed by atoms with van der Waals surface area (Å²) in [5, 5.41) is 6.38. The van der Waals surface area contributed by atoms with Crippen LogP contribution in [0, 0.1) is 0 Å². The van der Waals surface area contributed by atoms with Crippen molar-refractivity contribution in [2.75, 3.05) is 5.32 Å². The van der Waals surface area contributed by atoms with Crippen molar-refractivity contribution >= 4 is 24.0 Å². The predicted molar refractivity (Wildman–Crippen MR) is 101 cm³/mol. The Bertz CT molecular complexity index is 801. The van der Waals surface area contributed by atoms with Crippen molar-refractivity contribution in [1.29, 1.82) is 0 Å². The Morgan fingerprint density at radius 2 is 1.89 bits per heavy atom. The van der Waals surface area contributed by atoms with Crippen LogP contribution in [0.1, 0.15) is 56.5 Å². The maximum atomic E-state index is 12.9. The van der Waals surface area contributed by atoms with Crippen LogP contribution in [-0.2, 0) is 29.4 Å². The molecule has 6 nitrogen and oxygen atoms in total. The molecule has 0 saturated carbocycles. The number of carbonyl (C=O) groups excluding carboxylic acids is 1. The number of aromatic nitrogens is 2. The number of amides is 1. The van der Waals surface area contributed by atoms with Crippen LogP contribution in [0.3, 0.4) is 0 Å². The number of alkyl halides is 3. The second-order valence-electron chi connectivity index (χ2n) is 7.28. The van der Waals surface area contributed by atoms with Gasteiger partial charge in [-0.05, 0) is 30.2 Å². The molecule has 156 valence electrons.